The standard InChI is InChI=1S/C31H43N7O2/c1-35-18-20-36(21-19-35)26-11-16-37(17-12-26)30(39)28-24-38(29-10-4-3-9-27(28)29)15-6-2-5-14-33-31(40)34-23-25-8-7-13-32-22-25/h3-4,7-10,13,22,24,26H,2,5-6,11-12,14-21,23H2,1H3,(H2,33,34,40). The number of aryl methyl sites for hydroxylation is 1. The number of para-hydroxylation sites is 1. The Hall–Kier alpha value is -3.43. The Morgan fingerprint density at radius 2 is 1.73 bits per heavy atom. The Kier molecular flexibility index (Phi) is 9.67. The number of urea groups is 1. The molecular formula is C31H43N7O2. The predicted molar refractivity (Wildman–Crippen MR) is 158 cm³/mol. The summed E-state index contributed by atoms with van der Waals surface area (Å²) in [6, 6.07) is 12.5. The number of rotatable bonds is 10. The first kappa shape index (κ1) is 28.1. The van der Waals surface area contributed by atoms with Gasteiger partial charge in [-0.3, -0.25) is 14.7 Å². The number of carbonyl (C=O) groups excluding carboxylic acids is 2. The van der Waals surface area contributed by atoms with Crippen molar-refractivity contribution >= 4 is 22.8 Å². The molecule has 9 nitrogen and oxygen atoms in total. The number of pyridine rings is 1. The average molecular weight is 546 g/mol. The van der Waals surface area contributed by atoms with Crippen molar-refractivity contribution in [1.29, 1.82) is 0 Å². The average Bonchev–Trinajstić information content (AvgIpc) is 3.37. The van der Waals surface area contributed by atoms with E-state index in [-0.39, 0.29) is 11.9 Å². The van der Waals surface area contributed by atoms with Crippen molar-refractivity contribution in [2.45, 2.75) is 51.2 Å². The minimum Gasteiger partial charge on any atom is -0.347 e. The number of nitrogens with zero attached hydrogens (tertiary/aromatic N) is 5. The van der Waals surface area contributed by atoms with Crippen LogP contribution in [0.4, 0.5) is 4.79 Å². The molecule has 0 unspecified atom stereocenters. The topological polar surface area (TPSA) is 85.7 Å². The highest BCUT2D eigenvalue weighted by Gasteiger charge is 2.30. The van der Waals surface area contributed by atoms with E-state index in [1.165, 1.54) is 0 Å². The van der Waals surface area contributed by atoms with Gasteiger partial charge < -0.3 is 25.0 Å². The minimum absolute atomic E-state index is 0.157. The number of fused-ring (bicyclic) bond motifs is 1. The van der Waals surface area contributed by atoms with Crippen molar-refractivity contribution in [3.8, 4) is 0 Å². The molecule has 9 heteroatoms. The van der Waals surface area contributed by atoms with E-state index in [4.69, 9.17) is 0 Å². The molecule has 5 rings (SSSR count). The Morgan fingerprint density at radius 1 is 0.925 bits per heavy atom. The van der Waals surface area contributed by atoms with Crippen molar-refractivity contribution in [2.75, 3.05) is 52.9 Å². The zero-order chi connectivity index (χ0) is 27.7. The van der Waals surface area contributed by atoms with Crippen LogP contribution in [0.25, 0.3) is 10.9 Å². The normalized spacial score (nSPS) is 17.3. The maximum absolute atomic E-state index is 13.6. The number of piperidine rings is 1. The van der Waals surface area contributed by atoms with Gasteiger partial charge in [0.1, 0.15) is 0 Å². The molecule has 40 heavy (non-hydrogen) atoms. The van der Waals surface area contributed by atoms with Gasteiger partial charge in [-0.05, 0) is 56.8 Å². The van der Waals surface area contributed by atoms with Crippen molar-refractivity contribution in [1.82, 2.24) is 34.9 Å². The van der Waals surface area contributed by atoms with E-state index in [2.05, 4.69) is 60.3 Å². The fourth-order valence-electron chi connectivity index (χ4n) is 5.93. The maximum atomic E-state index is 13.6. The molecule has 3 aromatic rings. The molecule has 0 spiro atoms. The second-order valence-corrected chi connectivity index (χ2v) is 11.1. The molecule has 0 atom stereocenters. The van der Waals surface area contributed by atoms with Crippen molar-refractivity contribution in [3.63, 3.8) is 0 Å². The van der Waals surface area contributed by atoms with E-state index in [9.17, 15) is 9.59 Å². The number of benzene rings is 1. The number of carbonyl (C=O) groups is 2. The number of nitrogens with one attached hydrogen (secondary N) is 2. The third-order valence-corrected chi connectivity index (χ3v) is 8.36. The minimum atomic E-state index is -0.157. The van der Waals surface area contributed by atoms with Crippen LogP contribution >= 0.6 is 0 Å². The highest BCUT2D eigenvalue weighted by atomic mass is 16.2. The van der Waals surface area contributed by atoms with Crippen LogP contribution in [0.3, 0.4) is 0 Å². The zero-order valence-electron chi connectivity index (χ0n) is 23.7. The van der Waals surface area contributed by atoms with Crippen LogP contribution in [-0.2, 0) is 13.1 Å². The highest BCUT2D eigenvalue weighted by molar-refractivity contribution is 6.07. The molecule has 0 saturated carbocycles. The fraction of sp³-hybridized carbons (Fsp3) is 0.516. The van der Waals surface area contributed by atoms with Crippen LogP contribution in [0.15, 0.2) is 55.0 Å². The molecule has 0 aliphatic carbocycles. The quantitative estimate of drug-likeness (QED) is 0.381. The predicted octanol–water partition coefficient (Wildman–Crippen LogP) is 3.56. The number of likely N-dealkylation sites (tertiary alicyclic amines) is 1. The summed E-state index contributed by atoms with van der Waals surface area (Å²) >= 11 is 0. The molecule has 2 aromatic heterocycles. The lowest BCUT2D eigenvalue weighted by Crippen LogP contribution is -2.52. The first-order valence-corrected chi connectivity index (χ1v) is 14.8. The number of hydrogen-bond donors (Lipinski definition) is 2. The number of aromatic nitrogens is 2. The van der Waals surface area contributed by atoms with Crippen LogP contribution in [0, 0.1) is 0 Å². The van der Waals surface area contributed by atoms with Gasteiger partial charge in [0.05, 0.1) is 5.56 Å². The number of hydrogen-bond acceptors (Lipinski definition) is 5. The maximum Gasteiger partial charge on any atom is 0.315 e. The van der Waals surface area contributed by atoms with Crippen molar-refractivity contribution < 1.29 is 9.59 Å². The monoisotopic (exact) mass is 545 g/mol. The molecule has 1 aromatic carbocycles. The van der Waals surface area contributed by atoms with Gasteiger partial charge >= 0.3 is 6.03 Å². The Balaban J connectivity index is 1.07. The Morgan fingerprint density at radius 3 is 2.50 bits per heavy atom. The summed E-state index contributed by atoms with van der Waals surface area (Å²) in [6.07, 6.45) is 10.5. The van der Waals surface area contributed by atoms with E-state index >= 15 is 0 Å². The summed E-state index contributed by atoms with van der Waals surface area (Å²) in [5.41, 5.74) is 2.91. The second-order valence-electron chi connectivity index (χ2n) is 11.1. The Bertz CT molecular complexity index is 1250. The van der Waals surface area contributed by atoms with E-state index < -0.39 is 0 Å². The molecule has 214 valence electrons. The third kappa shape index (κ3) is 7.20. The van der Waals surface area contributed by atoms with E-state index in [0.717, 1.165) is 99.9 Å². The third-order valence-electron chi connectivity index (χ3n) is 8.36. The number of unbranched alkanes of at least 4 members (excludes halogenated alkanes) is 2. The molecule has 2 fully saturated rings. The summed E-state index contributed by atoms with van der Waals surface area (Å²) in [5, 5.41) is 6.83. The van der Waals surface area contributed by atoms with Gasteiger partial charge in [-0.15, -0.1) is 0 Å². The van der Waals surface area contributed by atoms with Crippen LogP contribution < -0.4 is 10.6 Å². The molecular weight excluding hydrogens is 502 g/mol. The molecule has 0 bridgehead atoms. The van der Waals surface area contributed by atoms with Gasteiger partial charge in [0.2, 0.25) is 0 Å². The Labute approximate surface area is 237 Å². The van der Waals surface area contributed by atoms with Gasteiger partial charge in [0.25, 0.3) is 5.91 Å². The second kappa shape index (κ2) is 13.8. The lowest BCUT2D eigenvalue weighted by Gasteiger charge is -2.42. The molecule has 0 radical (unpaired) electrons. The number of piperazine rings is 1. The first-order chi connectivity index (χ1) is 19.6. The lowest BCUT2D eigenvalue weighted by molar-refractivity contribution is 0.0520. The van der Waals surface area contributed by atoms with Crippen molar-refractivity contribution in [3.05, 3.63) is 66.1 Å². The van der Waals surface area contributed by atoms with Crippen LogP contribution in [0.5, 0.6) is 0 Å². The SMILES string of the molecule is CN1CCN(C2CCN(C(=O)c3cn(CCCCCNC(=O)NCc4cccnc4)c4ccccc34)CC2)CC1. The molecule has 4 heterocycles. The number of likely N-dealkylation sites (N-methyl/N-ethyl adjacent to an activating group) is 1. The van der Waals surface area contributed by atoms with Gasteiger partial charge in [-0.2, -0.15) is 0 Å². The largest absolute Gasteiger partial charge is 0.347 e. The summed E-state index contributed by atoms with van der Waals surface area (Å²) in [4.78, 5) is 36.8. The summed E-state index contributed by atoms with van der Waals surface area (Å²) in [6.45, 7) is 8.17. The molecule has 3 amide bonds. The van der Waals surface area contributed by atoms with Crippen LogP contribution in [0.2, 0.25) is 0 Å². The molecule has 2 aliphatic heterocycles. The van der Waals surface area contributed by atoms with Crippen LogP contribution in [-0.4, -0.2) is 95.1 Å². The van der Waals surface area contributed by atoms with Gasteiger partial charge in [-0.1, -0.05) is 24.3 Å². The lowest BCUT2D eigenvalue weighted by atomic mass is 10.0. The van der Waals surface area contributed by atoms with Crippen molar-refractivity contribution in [2.24, 2.45) is 0 Å². The van der Waals surface area contributed by atoms with Gasteiger partial charge in [0, 0.05) is 94.4 Å². The van der Waals surface area contributed by atoms with Gasteiger partial charge in [-0.25, -0.2) is 4.79 Å². The van der Waals surface area contributed by atoms with Crippen LogP contribution in [0.1, 0.15) is 48.0 Å². The van der Waals surface area contributed by atoms with Gasteiger partial charge in [0.15, 0.2) is 0 Å². The zero-order valence-corrected chi connectivity index (χ0v) is 23.7. The molecule has 2 N–H and O–H groups in total. The molecule has 2 saturated heterocycles. The van der Waals surface area contributed by atoms with E-state index in [1.54, 1.807) is 12.4 Å². The van der Waals surface area contributed by atoms with E-state index in [0.29, 0.717) is 19.1 Å². The summed E-state index contributed by atoms with van der Waals surface area (Å²) in [7, 11) is 2.19. The fourth-order valence-corrected chi connectivity index (χ4v) is 5.93. The summed E-state index contributed by atoms with van der Waals surface area (Å²) < 4.78 is 2.23. The molecule has 2 aliphatic rings. The first-order valence-electron chi connectivity index (χ1n) is 14.8. The van der Waals surface area contributed by atoms with E-state index in [1.807, 2.05) is 24.3 Å². The summed E-state index contributed by atoms with van der Waals surface area (Å²) in [5.74, 6) is 0.160. The smallest absolute Gasteiger partial charge is 0.315 e. The number of amides is 3. The highest BCUT2D eigenvalue weighted by Crippen LogP contribution is 2.26.